The standard InChI is InChI=1S/C19H25N5O2/c25-18(20-16-6-7-16)17-13-24(22-21-17)14-19(26)8-10-23(11-9-19)12-15-4-2-1-3-5-15/h1-5,13,16,26H,6-12,14H2,(H,20,25). The molecule has 26 heavy (non-hydrogen) atoms. The molecule has 4 rings (SSSR count). The van der Waals surface area contributed by atoms with Crippen LogP contribution in [0.4, 0.5) is 0 Å². The summed E-state index contributed by atoms with van der Waals surface area (Å²) in [6, 6.07) is 10.7. The highest BCUT2D eigenvalue weighted by Crippen LogP contribution is 2.25. The first kappa shape index (κ1) is 17.2. The number of nitrogens with zero attached hydrogens (tertiary/aromatic N) is 4. The van der Waals surface area contributed by atoms with Gasteiger partial charge in [-0.15, -0.1) is 5.10 Å². The molecule has 2 fully saturated rings. The Bertz CT molecular complexity index is 748. The molecule has 1 saturated heterocycles. The monoisotopic (exact) mass is 355 g/mol. The van der Waals surface area contributed by atoms with Crippen molar-refractivity contribution in [2.75, 3.05) is 13.1 Å². The molecule has 138 valence electrons. The molecule has 0 unspecified atom stereocenters. The van der Waals surface area contributed by atoms with E-state index in [9.17, 15) is 9.90 Å². The molecule has 1 aromatic heterocycles. The summed E-state index contributed by atoms with van der Waals surface area (Å²) in [5, 5.41) is 21.8. The topological polar surface area (TPSA) is 83.3 Å². The van der Waals surface area contributed by atoms with Crippen molar-refractivity contribution in [1.82, 2.24) is 25.2 Å². The third-order valence-electron chi connectivity index (χ3n) is 5.18. The number of aliphatic hydroxyl groups is 1. The molecule has 0 radical (unpaired) electrons. The number of likely N-dealkylation sites (tertiary alicyclic amines) is 1. The van der Waals surface area contributed by atoms with Gasteiger partial charge in [-0.1, -0.05) is 35.5 Å². The average molecular weight is 355 g/mol. The number of rotatable bonds is 6. The average Bonchev–Trinajstić information content (AvgIpc) is 3.33. The summed E-state index contributed by atoms with van der Waals surface area (Å²) in [4.78, 5) is 14.4. The molecule has 2 N–H and O–H groups in total. The largest absolute Gasteiger partial charge is 0.388 e. The summed E-state index contributed by atoms with van der Waals surface area (Å²) in [6.45, 7) is 2.96. The van der Waals surface area contributed by atoms with Crippen molar-refractivity contribution in [3.8, 4) is 0 Å². The minimum atomic E-state index is -0.800. The molecule has 0 spiro atoms. The number of carbonyl (C=O) groups is 1. The van der Waals surface area contributed by atoms with E-state index in [-0.39, 0.29) is 5.91 Å². The van der Waals surface area contributed by atoms with E-state index in [1.54, 1.807) is 10.9 Å². The minimum absolute atomic E-state index is 0.177. The molecule has 1 aliphatic carbocycles. The molecule has 7 heteroatoms. The summed E-state index contributed by atoms with van der Waals surface area (Å²) in [5.74, 6) is -0.177. The maximum absolute atomic E-state index is 12.0. The zero-order valence-electron chi connectivity index (χ0n) is 14.8. The van der Waals surface area contributed by atoms with Gasteiger partial charge in [0.25, 0.3) is 5.91 Å². The van der Waals surface area contributed by atoms with Gasteiger partial charge in [0.15, 0.2) is 5.69 Å². The number of hydrogen-bond donors (Lipinski definition) is 2. The molecule has 7 nitrogen and oxygen atoms in total. The van der Waals surface area contributed by atoms with Gasteiger partial charge in [-0.2, -0.15) is 0 Å². The second-order valence-corrected chi connectivity index (χ2v) is 7.54. The number of aromatic nitrogens is 3. The van der Waals surface area contributed by atoms with Crippen LogP contribution in [0, 0.1) is 0 Å². The van der Waals surface area contributed by atoms with Crippen molar-refractivity contribution >= 4 is 5.91 Å². The third kappa shape index (κ3) is 4.28. The molecule has 1 saturated carbocycles. The maximum atomic E-state index is 12.0. The molecule has 2 aliphatic rings. The number of carbonyl (C=O) groups excluding carboxylic acids is 1. The van der Waals surface area contributed by atoms with Crippen LogP contribution in [0.5, 0.6) is 0 Å². The van der Waals surface area contributed by atoms with Gasteiger partial charge in [-0.05, 0) is 31.2 Å². The number of benzene rings is 1. The summed E-state index contributed by atoms with van der Waals surface area (Å²) >= 11 is 0. The Morgan fingerprint density at radius 3 is 2.65 bits per heavy atom. The minimum Gasteiger partial charge on any atom is -0.388 e. The molecular formula is C19H25N5O2. The van der Waals surface area contributed by atoms with Crippen LogP contribution in [0.15, 0.2) is 36.5 Å². The molecule has 2 heterocycles. The van der Waals surface area contributed by atoms with Gasteiger partial charge in [-0.25, -0.2) is 4.68 Å². The Morgan fingerprint density at radius 2 is 1.96 bits per heavy atom. The van der Waals surface area contributed by atoms with Crippen molar-refractivity contribution in [3.63, 3.8) is 0 Å². The fraction of sp³-hybridized carbons (Fsp3) is 0.526. The zero-order chi connectivity index (χ0) is 18.0. The SMILES string of the molecule is O=C(NC1CC1)c1cn(CC2(O)CCN(Cc3ccccc3)CC2)nn1. The molecule has 1 aromatic carbocycles. The Balaban J connectivity index is 1.30. The van der Waals surface area contributed by atoms with Crippen LogP contribution < -0.4 is 5.32 Å². The summed E-state index contributed by atoms with van der Waals surface area (Å²) < 4.78 is 1.59. The van der Waals surface area contributed by atoms with Gasteiger partial charge < -0.3 is 10.4 Å². The van der Waals surface area contributed by atoms with Crippen molar-refractivity contribution in [2.45, 2.75) is 50.4 Å². The van der Waals surface area contributed by atoms with Crippen LogP contribution >= 0.6 is 0 Å². The number of hydrogen-bond acceptors (Lipinski definition) is 5. The smallest absolute Gasteiger partial charge is 0.273 e. The van der Waals surface area contributed by atoms with Crippen LogP contribution in [0.3, 0.4) is 0 Å². The van der Waals surface area contributed by atoms with E-state index in [0.717, 1.165) is 32.5 Å². The van der Waals surface area contributed by atoms with E-state index in [1.807, 2.05) is 6.07 Å². The van der Waals surface area contributed by atoms with E-state index in [2.05, 4.69) is 44.8 Å². The van der Waals surface area contributed by atoms with E-state index < -0.39 is 5.60 Å². The van der Waals surface area contributed by atoms with E-state index in [0.29, 0.717) is 31.1 Å². The molecule has 0 atom stereocenters. The van der Waals surface area contributed by atoms with E-state index in [4.69, 9.17) is 0 Å². The van der Waals surface area contributed by atoms with E-state index >= 15 is 0 Å². The Morgan fingerprint density at radius 1 is 1.23 bits per heavy atom. The van der Waals surface area contributed by atoms with Gasteiger partial charge in [0.2, 0.25) is 0 Å². The molecule has 0 bridgehead atoms. The van der Waals surface area contributed by atoms with Gasteiger partial charge >= 0.3 is 0 Å². The number of nitrogens with one attached hydrogen (secondary N) is 1. The van der Waals surface area contributed by atoms with Gasteiger partial charge in [-0.3, -0.25) is 9.69 Å². The lowest BCUT2D eigenvalue weighted by molar-refractivity contribution is -0.0383. The summed E-state index contributed by atoms with van der Waals surface area (Å²) in [5.41, 5.74) is 0.813. The van der Waals surface area contributed by atoms with Crippen molar-refractivity contribution in [1.29, 1.82) is 0 Å². The summed E-state index contributed by atoms with van der Waals surface area (Å²) in [6.07, 6.45) is 5.08. The van der Waals surface area contributed by atoms with Crippen LogP contribution in [0.2, 0.25) is 0 Å². The fourth-order valence-corrected chi connectivity index (χ4v) is 3.40. The van der Waals surface area contributed by atoms with E-state index in [1.165, 1.54) is 5.56 Å². The lowest BCUT2D eigenvalue weighted by Crippen LogP contribution is -2.46. The van der Waals surface area contributed by atoms with Crippen LogP contribution in [0.1, 0.15) is 41.7 Å². The molecule has 2 aromatic rings. The predicted octanol–water partition coefficient (Wildman–Crippen LogP) is 1.20. The lowest BCUT2D eigenvalue weighted by atomic mass is 9.91. The second kappa shape index (κ2) is 7.17. The van der Waals surface area contributed by atoms with Crippen molar-refractivity contribution in [3.05, 3.63) is 47.8 Å². The van der Waals surface area contributed by atoms with Gasteiger partial charge in [0.05, 0.1) is 18.3 Å². The van der Waals surface area contributed by atoms with Crippen molar-refractivity contribution in [2.24, 2.45) is 0 Å². The maximum Gasteiger partial charge on any atom is 0.273 e. The highest BCUT2D eigenvalue weighted by atomic mass is 16.3. The molecule has 1 amide bonds. The number of piperidine rings is 1. The Kier molecular flexibility index (Phi) is 4.74. The second-order valence-electron chi connectivity index (χ2n) is 7.54. The first-order chi connectivity index (χ1) is 12.6. The molecular weight excluding hydrogens is 330 g/mol. The Labute approximate surface area is 153 Å². The predicted molar refractivity (Wildman–Crippen MR) is 96.4 cm³/mol. The van der Waals surface area contributed by atoms with Crippen molar-refractivity contribution < 1.29 is 9.90 Å². The Hall–Kier alpha value is -2.25. The first-order valence-corrected chi connectivity index (χ1v) is 9.29. The number of amides is 1. The van der Waals surface area contributed by atoms with Crippen LogP contribution in [0.25, 0.3) is 0 Å². The third-order valence-corrected chi connectivity index (χ3v) is 5.18. The quantitative estimate of drug-likeness (QED) is 0.813. The van der Waals surface area contributed by atoms with Gasteiger partial charge in [0, 0.05) is 25.7 Å². The zero-order valence-corrected chi connectivity index (χ0v) is 14.8. The lowest BCUT2D eigenvalue weighted by Gasteiger charge is -2.38. The highest BCUT2D eigenvalue weighted by Gasteiger charge is 2.33. The van der Waals surface area contributed by atoms with Gasteiger partial charge in [0.1, 0.15) is 0 Å². The van der Waals surface area contributed by atoms with Crippen LogP contribution in [-0.4, -0.2) is 55.6 Å². The first-order valence-electron chi connectivity index (χ1n) is 9.29. The fourth-order valence-electron chi connectivity index (χ4n) is 3.40. The molecule has 1 aliphatic heterocycles. The highest BCUT2D eigenvalue weighted by molar-refractivity contribution is 5.92. The normalized spacial score (nSPS) is 20.0. The van der Waals surface area contributed by atoms with Crippen LogP contribution in [-0.2, 0) is 13.1 Å². The summed E-state index contributed by atoms with van der Waals surface area (Å²) in [7, 11) is 0.